The van der Waals surface area contributed by atoms with E-state index in [2.05, 4.69) is 66.8 Å². The number of nitrogens with one attached hydrogen (secondary N) is 1. The maximum Gasteiger partial charge on any atom is 0.312 e. The summed E-state index contributed by atoms with van der Waals surface area (Å²) in [5.74, 6) is -4.83. The van der Waals surface area contributed by atoms with E-state index in [-0.39, 0.29) is 79.0 Å². The summed E-state index contributed by atoms with van der Waals surface area (Å²) >= 11 is 0. The minimum absolute atomic E-state index is 0.00554. The summed E-state index contributed by atoms with van der Waals surface area (Å²) in [7, 11) is 10.5. The monoisotopic (exact) mass is 1080 g/mol. The van der Waals surface area contributed by atoms with Crippen LogP contribution in [-0.4, -0.2) is 109 Å². The van der Waals surface area contributed by atoms with Gasteiger partial charge in [-0.1, -0.05) is 59.8 Å². The number of benzene rings is 3. The third kappa shape index (κ3) is 11.2. The Hall–Kier alpha value is -4.33. The number of carbonyl (C=O) groups excluding carboxylic acids is 3. The molecule has 22 heteroatoms. The lowest BCUT2D eigenvalue weighted by Gasteiger charge is -2.40. The molecule has 4 aliphatic heterocycles. The first-order valence-electron chi connectivity index (χ1n) is 24.2. The zero-order valence-electron chi connectivity index (χ0n) is 42.9. The number of anilines is 2. The largest absolute Gasteiger partial charge is 0.479 e. The molecule has 0 saturated carbocycles. The van der Waals surface area contributed by atoms with Gasteiger partial charge in [0, 0.05) is 131 Å². The van der Waals surface area contributed by atoms with Crippen LogP contribution in [0.3, 0.4) is 0 Å². The lowest BCUT2D eigenvalue weighted by molar-refractivity contribution is -0.159. The van der Waals surface area contributed by atoms with Crippen LogP contribution in [0.4, 0.5) is 11.4 Å². The first-order valence-corrected chi connectivity index (χ1v) is 26.1. The number of ether oxygens (including phenoxy) is 4. The molecule has 1 amide bonds. The number of aromatic nitrogens is 1. The number of aliphatic hydroxyl groups is 1. The highest BCUT2D eigenvalue weighted by Crippen LogP contribution is 2.52. The first-order chi connectivity index (χ1) is 34.8. The molecule has 1 fully saturated rings. The van der Waals surface area contributed by atoms with E-state index in [1.165, 1.54) is 33.3 Å². The molecule has 2 aromatic carbocycles. The highest BCUT2D eigenvalue weighted by atomic mass is 31.0. The molecule has 0 radical (unpaired) electrons. The lowest BCUT2D eigenvalue weighted by atomic mass is 9.78. The number of carbonyl (C=O) groups is 3. The Morgan fingerprint density at radius 1 is 0.945 bits per heavy atom. The van der Waals surface area contributed by atoms with E-state index in [1.54, 1.807) is 19.1 Å². The van der Waals surface area contributed by atoms with Crippen LogP contribution in [0.5, 0.6) is 17.2 Å². The summed E-state index contributed by atoms with van der Waals surface area (Å²) in [6.07, 6.45) is 5.25. The zero-order chi connectivity index (χ0) is 53.2. The van der Waals surface area contributed by atoms with Gasteiger partial charge in [0.1, 0.15) is 34.5 Å². The van der Waals surface area contributed by atoms with Crippen LogP contribution in [0.1, 0.15) is 71.3 Å². The van der Waals surface area contributed by atoms with Crippen LogP contribution in [0, 0.1) is 36.5 Å². The van der Waals surface area contributed by atoms with Crippen LogP contribution in [0.2, 0.25) is 0 Å². The molecule has 13 unspecified atom stereocenters. The third-order valence-electron chi connectivity index (χ3n) is 14.3. The van der Waals surface area contributed by atoms with Crippen molar-refractivity contribution in [2.45, 2.75) is 92.5 Å². The highest BCUT2D eigenvalue weighted by Gasteiger charge is 2.50. The SMILES string of the molecule is COC1/C=C/OC2(C)Oc3c(C)c(OP)c4c(=O)c(c5oc6cc(N7CCN(CC(C)C)CC7)cc(OP)c6nc-5c4c3C2=O)NC(=O)/C(CO)=C\C=C\C(C)C(OP)C(C)C(OP)C(C)C(OC(C)=O)C1C. The second-order valence-electron chi connectivity index (χ2n) is 19.6. The number of hydrogen-bond acceptors (Lipinski definition) is 17. The molecule has 2 N–H and O–H groups in total. The maximum atomic E-state index is 15.3. The second-order valence-corrected chi connectivity index (χ2v) is 20.7. The topological polar surface area (TPSA) is 207 Å². The van der Waals surface area contributed by atoms with Crippen molar-refractivity contribution in [1.29, 1.82) is 0 Å². The number of hydrogen-bond donors (Lipinski definition) is 2. The van der Waals surface area contributed by atoms with Crippen LogP contribution < -0.4 is 29.4 Å². The molecule has 4 bridgehead atoms. The van der Waals surface area contributed by atoms with E-state index >= 15 is 9.59 Å². The van der Waals surface area contributed by atoms with Gasteiger partial charge in [-0.25, -0.2) is 4.98 Å². The van der Waals surface area contributed by atoms with Gasteiger partial charge in [0.2, 0.25) is 5.43 Å². The standard InChI is InChI=1S/C51H68N4O14P4/c1-24(2)22-54-15-17-55(18-16-54)32-20-34-39(35(21-32)66-70)52-40-36-37-42(58)41(48(40)64-34)53-50(60)31(23-56)13-11-12-25(3)43(67-71)27(5)45(68-72)28(6)44(63-30(8)57)26(4)33(61-10)14-19-62-51(9)49(59)38(36)46(65-51)29(7)47(37)69-73/h11-14,19-21,24-28,33,43-45,56H,15-18,22-23,70-73H2,1-10H3,(H,53,60)/b12-11+,19-14+,31-13-. The smallest absolute Gasteiger partial charge is 0.312 e. The Labute approximate surface area is 435 Å². The molecule has 0 spiro atoms. The van der Waals surface area contributed by atoms with E-state index in [0.29, 0.717) is 11.7 Å². The summed E-state index contributed by atoms with van der Waals surface area (Å²) < 4.78 is 55.2. The Kier molecular flexibility index (Phi) is 18.3. The minimum Gasteiger partial charge on any atom is -0.479 e. The number of ketones is 1. The number of Topliss-reactive ketones (excluding diaryl/α,β-unsaturated/α-hetero) is 1. The summed E-state index contributed by atoms with van der Waals surface area (Å²) in [5, 5.41) is 13.3. The predicted molar refractivity (Wildman–Crippen MR) is 292 cm³/mol. The van der Waals surface area contributed by atoms with E-state index < -0.39 is 71.7 Å². The lowest BCUT2D eigenvalue weighted by Crippen LogP contribution is -2.47. The van der Waals surface area contributed by atoms with E-state index in [0.717, 1.165) is 38.4 Å². The number of amides is 1. The van der Waals surface area contributed by atoms with Gasteiger partial charge in [0.05, 0.1) is 61.1 Å². The normalized spacial score (nSPS) is 28.2. The molecular weight excluding hydrogens is 1020 g/mol. The van der Waals surface area contributed by atoms with Crippen molar-refractivity contribution in [1.82, 2.24) is 9.88 Å². The molecule has 4 heterocycles. The second kappa shape index (κ2) is 23.7. The Balaban J connectivity index is 1.47. The summed E-state index contributed by atoms with van der Waals surface area (Å²) in [6.45, 7) is 19.9. The van der Waals surface area contributed by atoms with Crippen molar-refractivity contribution < 1.29 is 60.9 Å². The molecular formula is C51H68N4O14P4. The molecule has 1 saturated heterocycles. The average Bonchev–Trinajstić information content (AvgIpc) is 3.62. The van der Waals surface area contributed by atoms with Gasteiger partial charge in [-0.05, 0) is 18.9 Å². The zero-order valence-corrected chi connectivity index (χ0v) is 47.5. The van der Waals surface area contributed by atoms with Crippen molar-refractivity contribution in [3.05, 3.63) is 69.6 Å². The number of nitrogens with zero attached hydrogens (tertiary/aromatic N) is 3. The van der Waals surface area contributed by atoms with Gasteiger partial charge in [-0.2, -0.15) is 0 Å². The van der Waals surface area contributed by atoms with Gasteiger partial charge in [0.25, 0.3) is 11.7 Å². The number of esters is 1. The maximum absolute atomic E-state index is 15.3. The number of aliphatic hydroxyl groups excluding tert-OH is 1. The summed E-state index contributed by atoms with van der Waals surface area (Å²) in [6, 6.07) is 3.66. The fraction of sp³-hybridized carbons (Fsp3) is 0.510. The third-order valence-corrected chi connectivity index (χ3v) is 15.4. The Morgan fingerprint density at radius 2 is 1.63 bits per heavy atom. The van der Waals surface area contributed by atoms with Crippen molar-refractivity contribution in [3.8, 4) is 28.7 Å². The van der Waals surface area contributed by atoms with Gasteiger partial charge >= 0.3 is 11.8 Å². The van der Waals surface area contributed by atoms with Gasteiger partial charge < -0.3 is 56.8 Å². The van der Waals surface area contributed by atoms with Crippen molar-refractivity contribution in [2.24, 2.45) is 29.6 Å². The van der Waals surface area contributed by atoms with Crippen molar-refractivity contribution >= 4 is 88.8 Å². The van der Waals surface area contributed by atoms with Gasteiger partial charge in [-0.3, -0.25) is 24.1 Å². The van der Waals surface area contributed by atoms with Crippen LogP contribution in [0.25, 0.3) is 33.3 Å². The molecule has 7 rings (SSSR count). The molecule has 73 heavy (non-hydrogen) atoms. The Morgan fingerprint density at radius 3 is 2.23 bits per heavy atom. The van der Waals surface area contributed by atoms with Crippen molar-refractivity contribution in [3.63, 3.8) is 0 Å². The van der Waals surface area contributed by atoms with E-state index in [1.807, 2.05) is 45.9 Å². The number of fused-ring (bicyclic) bond motifs is 2. The molecule has 0 aromatic heterocycles. The molecule has 18 nitrogen and oxygen atoms in total. The van der Waals surface area contributed by atoms with Crippen LogP contribution in [-0.2, 0) is 32.8 Å². The molecule has 2 aromatic rings. The number of rotatable bonds is 10. The fourth-order valence-corrected chi connectivity index (χ4v) is 12.0. The molecule has 5 aliphatic rings. The molecule has 13 atom stereocenters. The van der Waals surface area contributed by atoms with Gasteiger partial charge in [-0.15, -0.1) is 0 Å². The number of methoxy groups -OCH3 is 1. The van der Waals surface area contributed by atoms with Crippen LogP contribution in [0.15, 0.2) is 57.5 Å². The fourth-order valence-electron chi connectivity index (χ4n) is 10.5. The number of allylic oxidation sites excluding steroid dienone is 2. The van der Waals surface area contributed by atoms with E-state index in [9.17, 15) is 14.7 Å². The minimum atomic E-state index is -2.02. The molecule has 396 valence electrons. The summed E-state index contributed by atoms with van der Waals surface area (Å²) in [4.78, 5) is 67.3. The quantitative estimate of drug-likeness (QED) is 0.0668. The van der Waals surface area contributed by atoms with Crippen LogP contribution >= 0.6 is 37.9 Å². The first kappa shape index (κ1) is 56.4. The average molecular weight is 1090 g/mol. The predicted octanol–water partition coefficient (Wildman–Crippen LogP) is 7.96. The van der Waals surface area contributed by atoms with Gasteiger partial charge in [0.15, 0.2) is 17.1 Å². The van der Waals surface area contributed by atoms with Crippen molar-refractivity contribution in [2.75, 3.05) is 56.7 Å². The summed E-state index contributed by atoms with van der Waals surface area (Å²) in [5.41, 5.74) is 0.290. The highest BCUT2D eigenvalue weighted by molar-refractivity contribution is 7.10. The molecule has 1 aliphatic carbocycles. The van der Waals surface area contributed by atoms with E-state index in [4.69, 9.17) is 46.4 Å². The number of piperazine rings is 1. The Bertz CT molecular complexity index is 2850.